The second-order valence-electron chi connectivity index (χ2n) is 4.29. The highest BCUT2D eigenvalue weighted by molar-refractivity contribution is 5.72. The normalized spacial score (nSPS) is 14.4. The first kappa shape index (κ1) is 13.7. The van der Waals surface area contributed by atoms with E-state index in [0.29, 0.717) is 0 Å². The van der Waals surface area contributed by atoms with Gasteiger partial charge in [0.15, 0.2) is 0 Å². The van der Waals surface area contributed by atoms with Crippen molar-refractivity contribution >= 4 is 5.97 Å². The van der Waals surface area contributed by atoms with Crippen molar-refractivity contribution in [2.45, 2.75) is 26.3 Å². The largest absolute Gasteiger partial charge is 0.469 e. The number of aryl methyl sites for hydroxylation is 1. The highest BCUT2D eigenvalue weighted by Crippen LogP contribution is 2.04. The van der Waals surface area contributed by atoms with Crippen molar-refractivity contribution in [3.8, 4) is 0 Å². The molecule has 0 saturated carbocycles. The third kappa shape index (κ3) is 4.19. The number of hydrogen-bond donors (Lipinski definition) is 1. The highest BCUT2D eigenvalue weighted by Gasteiger charge is 2.19. The molecule has 0 aromatic carbocycles. The maximum absolute atomic E-state index is 11.3. The van der Waals surface area contributed by atoms with Gasteiger partial charge in [-0.3, -0.25) is 9.48 Å². The molecule has 1 heterocycles. The Balaban J connectivity index is 2.28. The number of carbonyl (C=O) groups excluding carboxylic acids is 1. The molecular weight excluding hydrogens is 218 g/mol. The number of rotatable bonds is 6. The van der Waals surface area contributed by atoms with Gasteiger partial charge in [-0.25, -0.2) is 0 Å². The lowest BCUT2D eigenvalue weighted by atomic mass is 10.0. The number of esters is 1. The van der Waals surface area contributed by atoms with Crippen molar-refractivity contribution in [2.75, 3.05) is 13.7 Å². The lowest BCUT2D eigenvalue weighted by Crippen LogP contribution is -2.37. The predicted molar refractivity (Wildman–Crippen MR) is 65.6 cm³/mol. The zero-order chi connectivity index (χ0) is 12.8. The van der Waals surface area contributed by atoms with Crippen LogP contribution in [0.5, 0.6) is 0 Å². The van der Waals surface area contributed by atoms with Crippen LogP contribution in [0.2, 0.25) is 0 Å². The van der Waals surface area contributed by atoms with Gasteiger partial charge in [0.05, 0.1) is 18.7 Å². The summed E-state index contributed by atoms with van der Waals surface area (Å²) in [5.41, 5.74) is 1.05. The quantitative estimate of drug-likeness (QED) is 0.744. The van der Waals surface area contributed by atoms with E-state index >= 15 is 0 Å². The topological polar surface area (TPSA) is 56.1 Å². The molecule has 2 atom stereocenters. The van der Waals surface area contributed by atoms with E-state index in [1.807, 2.05) is 33.2 Å². The number of carbonyl (C=O) groups is 1. The van der Waals surface area contributed by atoms with E-state index in [-0.39, 0.29) is 17.9 Å². The van der Waals surface area contributed by atoms with Gasteiger partial charge in [-0.2, -0.15) is 5.10 Å². The first-order valence-electron chi connectivity index (χ1n) is 5.84. The van der Waals surface area contributed by atoms with Gasteiger partial charge in [0.2, 0.25) is 0 Å². The Morgan fingerprint density at radius 1 is 1.59 bits per heavy atom. The first-order chi connectivity index (χ1) is 8.04. The molecule has 0 spiro atoms. The van der Waals surface area contributed by atoms with Crippen LogP contribution >= 0.6 is 0 Å². The third-order valence-corrected chi connectivity index (χ3v) is 2.94. The summed E-state index contributed by atoms with van der Waals surface area (Å²) in [5, 5.41) is 7.59. The number of aromatic nitrogens is 2. The Morgan fingerprint density at radius 2 is 2.29 bits per heavy atom. The zero-order valence-electron chi connectivity index (χ0n) is 10.9. The average Bonchev–Trinajstić information content (AvgIpc) is 2.72. The van der Waals surface area contributed by atoms with E-state index in [0.717, 1.165) is 18.7 Å². The van der Waals surface area contributed by atoms with Crippen LogP contribution in [0.3, 0.4) is 0 Å². The van der Waals surface area contributed by atoms with E-state index in [1.54, 1.807) is 4.68 Å². The minimum atomic E-state index is -0.178. The standard InChI is InChI=1S/C12H21N3O2/c1-9(12(16)17-4)10(2)13-7-5-11-6-8-15(3)14-11/h6,8-10,13H,5,7H2,1-4H3. The average molecular weight is 239 g/mol. The zero-order valence-corrected chi connectivity index (χ0v) is 10.9. The Bertz CT molecular complexity index is 362. The fourth-order valence-electron chi connectivity index (χ4n) is 1.59. The maximum Gasteiger partial charge on any atom is 0.309 e. The molecule has 96 valence electrons. The molecule has 0 amide bonds. The molecule has 5 heteroatoms. The minimum absolute atomic E-state index is 0.103. The lowest BCUT2D eigenvalue weighted by Gasteiger charge is -2.18. The fraction of sp³-hybridized carbons (Fsp3) is 0.667. The molecule has 1 aromatic rings. The van der Waals surface area contributed by atoms with Crippen LogP contribution in [0, 0.1) is 5.92 Å². The van der Waals surface area contributed by atoms with Crippen molar-refractivity contribution in [3.05, 3.63) is 18.0 Å². The Hall–Kier alpha value is -1.36. The molecule has 0 aliphatic carbocycles. The van der Waals surface area contributed by atoms with Crippen molar-refractivity contribution in [3.63, 3.8) is 0 Å². The molecule has 0 fully saturated rings. The van der Waals surface area contributed by atoms with Gasteiger partial charge in [-0.15, -0.1) is 0 Å². The van der Waals surface area contributed by atoms with Gasteiger partial charge in [0, 0.05) is 32.3 Å². The molecule has 1 aromatic heterocycles. The summed E-state index contributed by atoms with van der Waals surface area (Å²) in [7, 11) is 3.32. The van der Waals surface area contributed by atoms with Crippen LogP contribution in [-0.4, -0.2) is 35.4 Å². The second-order valence-corrected chi connectivity index (χ2v) is 4.29. The van der Waals surface area contributed by atoms with Crippen molar-refractivity contribution < 1.29 is 9.53 Å². The van der Waals surface area contributed by atoms with Crippen LogP contribution in [-0.2, 0) is 23.0 Å². The van der Waals surface area contributed by atoms with Crippen LogP contribution < -0.4 is 5.32 Å². The van der Waals surface area contributed by atoms with Gasteiger partial charge in [0.1, 0.15) is 0 Å². The van der Waals surface area contributed by atoms with Gasteiger partial charge >= 0.3 is 5.97 Å². The van der Waals surface area contributed by atoms with Gasteiger partial charge < -0.3 is 10.1 Å². The van der Waals surface area contributed by atoms with E-state index in [4.69, 9.17) is 4.74 Å². The number of ether oxygens (including phenoxy) is 1. The summed E-state index contributed by atoms with van der Waals surface area (Å²) < 4.78 is 6.49. The molecule has 0 aliphatic rings. The summed E-state index contributed by atoms with van der Waals surface area (Å²) >= 11 is 0. The lowest BCUT2D eigenvalue weighted by molar-refractivity contribution is -0.145. The molecule has 1 rings (SSSR count). The summed E-state index contributed by atoms with van der Waals surface area (Å²) in [5.74, 6) is -0.313. The van der Waals surface area contributed by atoms with Crippen LogP contribution in [0.4, 0.5) is 0 Å². The van der Waals surface area contributed by atoms with E-state index < -0.39 is 0 Å². The van der Waals surface area contributed by atoms with Crippen LogP contribution in [0.1, 0.15) is 19.5 Å². The molecule has 0 saturated heterocycles. The van der Waals surface area contributed by atoms with Gasteiger partial charge in [0.25, 0.3) is 0 Å². The molecular formula is C12H21N3O2. The van der Waals surface area contributed by atoms with E-state index in [9.17, 15) is 4.79 Å². The summed E-state index contributed by atoms with van der Waals surface area (Å²) in [6.45, 7) is 4.66. The molecule has 1 N–H and O–H groups in total. The monoisotopic (exact) mass is 239 g/mol. The third-order valence-electron chi connectivity index (χ3n) is 2.94. The molecule has 0 radical (unpaired) electrons. The number of nitrogens with zero attached hydrogens (tertiary/aromatic N) is 2. The molecule has 17 heavy (non-hydrogen) atoms. The summed E-state index contributed by atoms with van der Waals surface area (Å²) in [6.07, 6.45) is 2.79. The Kier molecular flexibility index (Phi) is 5.15. The van der Waals surface area contributed by atoms with Crippen molar-refractivity contribution in [1.82, 2.24) is 15.1 Å². The summed E-state index contributed by atoms with van der Waals surface area (Å²) in [6, 6.07) is 2.10. The SMILES string of the molecule is COC(=O)C(C)C(C)NCCc1ccn(C)n1. The molecule has 0 aliphatic heterocycles. The maximum atomic E-state index is 11.3. The number of nitrogens with one attached hydrogen (secondary N) is 1. The van der Waals surface area contributed by atoms with Gasteiger partial charge in [-0.1, -0.05) is 6.92 Å². The smallest absolute Gasteiger partial charge is 0.309 e. The number of methoxy groups -OCH3 is 1. The van der Waals surface area contributed by atoms with Crippen molar-refractivity contribution in [1.29, 1.82) is 0 Å². The van der Waals surface area contributed by atoms with Gasteiger partial charge in [-0.05, 0) is 13.0 Å². The minimum Gasteiger partial charge on any atom is -0.469 e. The van der Waals surface area contributed by atoms with Crippen LogP contribution in [0.25, 0.3) is 0 Å². The Morgan fingerprint density at radius 3 is 2.82 bits per heavy atom. The van der Waals surface area contributed by atoms with Crippen LogP contribution in [0.15, 0.2) is 12.3 Å². The number of hydrogen-bond acceptors (Lipinski definition) is 4. The fourth-order valence-corrected chi connectivity index (χ4v) is 1.59. The molecule has 0 bridgehead atoms. The van der Waals surface area contributed by atoms with E-state index in [2.05, 4.69) is 10.4 Å². The van der Waals surface area contributed by atoms with E-state index in [1.165, 1.54) is 7.11 Å². The summed E-state index contributed by atoms with van der Waals surface area (Å²) in [4.78, 5) is 11.3. The Labute approximate surface area is 102 Å². The van der Waals surface area contributed by atoms with Crippen molar-refractivity contribution in [2.24, 2.45) is 13.0 Å². The molecule has 5 nitrogen and oxygen atoms in total. The highest BCUT2D eigenvalue weighted by atomic mass is 16.5. The first-order valence-corrected chi connectivity index (χ1v) is 5.84. The molecule has 2 unspecified atom stereocenters. The predicted octanol–water partition coefficient (Wildman–Crippen LogP) is 0.750. The second kappa shape index (κ2) is 6.39.